The summed E-state index contributed by atoms with van der Waals surface area (Å²) < 4.78 is 0. The van der Waals surface area contributed by atoms with Gasteiger partial charge in [0.25, 0.3) is 0 Å². The molecule has 0 amide bonds. The number of hydrogen-bond donors (Lipinski definition) is 2. The van der Waals surface area contributed by atoms with Gasteiger partial charge in [0.1, 0.15) is 11.3 Å². The topological polar surface area (TPSA) is 57.5 Å². The summed E-state index contributed by atoms with van der Waals surface area (Å²) in [5.74, 6) is -1.24. The van der Waals surface area contributed by atoms with Crippen molar-refractivity contribution in [3.8, 4) is 16.9 Å². The molecule has 2 N–H and O–H groups in total. The van der Waals surface area contributed by atoms with Crippen LogP contribution >= 0.6 is 0 Å². The van der Waals surface area contributed by atoms with Gasteiger partial charge in [0.05, 0.1) is 0 Å². The van der Waals surface area contributed by atoms with E-state index in [0.29, 0.717) is 11.1 Å². The number of benzene rings is 2. The van der Waals surface area contributed by atoms with Gasteiger partial charge in [0.15, 0.2) is 0 Å². The van der Waals surface area contributed by atoms with Gasteiger partial charge in [-0.15, -0.1) is 0 Å². The molecule has 0 heterocycles. The molecule has 3 heteroatoms. The molecule has 0 aliphatic rings. The van der Waals surface area contributed by atoms with Crippen LogP contribution in [0, 0.1) is 6.92 Å². The molecule has 2 rings (SSSR count). The van der Waals surface area contributed by atoms with Crippen molar-refractivity contribution in [3.05, 3.63) is 53.1 Å². The minimum atomic E-state index is -1.10. The zero-order chi connectivity index (χ0) is 15.8. The van der Waals surface area contributed by atoms with E-state index in [1.54, 1.807) is 6.92 Å². The van der Waals surface area contributed by atoms with Gasteiger partial charge in [0.2, 0.25) is 0 Å². The molecular formula is C18H20O3. The second kappa shape index (κ2) is 5.24. The van der Waals surface area contributed by atoms with Crippen LogP contribution in [0.4, 0.5) is 0 Å². The number of carboxylic acids is 1. The van der Waals surface area contributed by atoms with Crippen molar-refractivity contribution in [1.82, 2.24) is 0 Å². The molecule has 0 saturated heterocycles. The number of hydrogen-bond acceptors (Lipinski definition) is 2. The van der Waals surface area contributed by atoms with E-state index in [2.05, 4.69) is 0 Å². The molecular weight excluding hydrogens is 264 g/mol. The van der Waals surface area contributed by atoms with Crippen molar-refractivity contribution in [2.24, 2.45) is 0 Å². The number of phenols is 1. The Morgan fingerprint density at radius 2 is 1.67 bits per heavy atom. The molecule has 2 aromatic rings. The highest BCUT2D eigenvalue weighted by Gasteiger charge is 2.26. The summed E-state index contributed by atoms with van der Waals surface area (Å²) in [5, 5.41) is 19.8. The number of rotatable bonds is 2. The first kappa shape index (κ1) is 15.1. The zero-order valence-corrected chi connectivity index (χ0v) is 12.8. The molecule has 0 fully saturated rings. The number of carboxylic acid groups (broad SMARTS) is 1. The third kappa shape index (κ3) is 2.77. The first-order valence-corrected chi connectivity index (χ1v) is 6.89. The van der Waals surface area contributed by atoms with Crippen LogP contribution in [0.1, 0.15) is 42.3 Å². The van der Waals surface area contributed by atoms with Gasteiger partial charge < -0.3 is 10.2 Å². The van der Waals surface area contributed by atoms with Gasteiger partial charge in [-0.1, -0.05) is 51.1 Å². The summed E-state index contributed by atoms with van der Waals surface area (Å²) in [6.45, 7) is 7.60. The van der Waals surface area contributed by atoms with Crippen molar-refractivity contribution in [2.45, 2.75) is 33.1 Å². The van der Waals surface area contributed by atoms with Gasteiger partial charge in [0, 0.05) is 5.56 Å². The van der Waals surface area contributed by atoms with Crippen LogP contribution < -0.4 is 0 Å². The Labute approximate surface area is 124 Å². The molecule has 0 aliphatic heterocycles. The number of carbonyl (C=O) groups is 1. The van der Waals surface area contributed by atoms with E-state index in [0.717, 1.165) is 11.1 Å². The molecule has 2 aromatic carbocycles. The lowest BCUT2D eigenvalue weighted by Crippen LogP contribution is -2.15. The van der Waals surface area contributed by atoms with Crippen molar-refractivity contribution >= 4 is 5.97 Å². The Morgan fingerprint density at radius 1 is 1.10 bits per heavy atom. The van der Waals surface area contributed by atoms with Gasteiger partial charge >= 0.3 is 5.97 Å². The molecule has 0 aliphatic carbocycles. The fraction of sp³-hybridized carbons (Fsp3) is 0.278. The second-order valence-electron chi connectivity index (χ2n) is 6.24. The van der Waals surface area contributed by atoms with Crippen LogP contribution in [0.15, 0.2) is 36.4 Å². The van der Waals surface area contributed by atoms with Crippen molar-refractivity contribution in [1.29, 1.82) is 0 Å². The third-order valence-electron chi connectivity index (χ3n) is 3.67. The number of aromatic carboxylic acids is 1. The fourth-order valence-electron chi connectivity index (χ4n) is 2.52. The van der Waals surface area contributed by atoms with E-state index in [4.69, 9.17) is 0 Å². The lowest BCUT2D eigenvalue weighted by Gasteiger charge is -2.24. The van der Waals surface area contributed by atoms with E-state index >= 15 is 0 Å². The average Bonchev–Trinajstić information content (AvgIpc) is 2.38. The predicted octanol–water partition coefficient (Wildman–Crippen LogP) is 4.36. The minimum absolute atomic E-state index is 0.0127. The third-order valence-corrected chi connectivity index (χ3v) is 3.67. The molecule has 0 unspecified atom stereocenters. The monoisotopic (exact) mass is 284 g/mol. The van der Waals surface area contributed by atoms with Crippen molar-refractivity contribution in [3.63, 3.8) is 0 Å². The summed E-state index contributed by atoms with van der Waals surface area (Å²) in [5.41, 5.74) is 2.66. The summed E-state index contributed by atoms with van der Waals surface area (Å²) in [6, 6.07) is 11.5. The minimum Gasteiger partial charge on any atom is -0.507 e. The van der Waals surface area contributed by atoms with E-state index in [9.17, 15) is 15.0 Å². The van der Waals surface area contributed by atoms with Gasteiger partial charge in [-0.2, -0.15) is 0 Å². The van der Waals surface area contributed by atoms with Crippen LogP contribution in [0.2, 0.25) is 0 Å². The maximum absolute atomic E-state index is 11.5. The fourth-order valence-corrected chi connectivity index (χ4v) is 2.52. The average molecular weight is 284 g/mol. The van der Waals surface area contributed by atoms with Crippen molar-refractivity contribution < 1.29 is 15.0 Å². The lowest BCUT2D eigenvalue weighted by atomic mass is 9.81. The van der Waals surface area contributed by atoms with Gasteiger partial charge in [-0.25, -0.2) is 4.79 Å². The highest BCUT2D eigenvalue weighted by molar-refractivity contribution is 5.96. The van der Waals surface area contributed by atoms with E-state index in [-0.39, 0.29) is 16.7 Å². The molecule has 0 saturated carbocycles. The summed E-state index contributed by atoms with van der Waals surface area (Å²) in [7, 11) is 0. The lowest BCUT2D eigenvalue weighted by molar-refractivity contribution is 0.0692. The number of aromatic hydroxyl groups is 1. The molecule has 0 atom stereocenters. The maximum atomic E-state index is 11.5. The largest absolute Gasteiger partial charge is 0.507 e. The standard InChI is InChI=1S/C18H20O3/c1-11-13(12-8-6-5-7-9-12)10-14(18(2,3)4)16(19)15(11)17(20)21/h5-10,19H,1-4H3,(H,20,21). The van der Waals surface area contributed by atoms with Crippen molar-refractivity contribution in [2.75, 3.05) is 0 Å². The molecule has 0 bridgehead atoms. The maximum Gasteiger partial charge on any atom is 0.339 e. The molecule has 0 aromatic heterocycles. The van der Waals surface area contributed by atoms with E-state index < -0.39 is 5.97 Å². The Kier molecular flexibility index (Phi) is 3.77. The second-order valence-corrected chi connectivity index (χ2v) is 6.24. The Bertz CT molecular complexity index is 680. The molecule has 21 heavy (non-hydrogen) atoms. The molecule has 3 nitrogen and oxygen atoms in total. The van der Waals surface area contributed by atoms with E-state index in [1.165, 1.54) is 0 Å². The normalized spacial score (nSPS) is 11.4. The van der Waals surface area contributed by atoms with Crippen LogP contribution in [-0.2, 0) is 5.41 Å². The van der Waals surface area contributed by atoms with Crippen LogP contribution in [-0.4, -0.2) is 16.2 Å². The molecule has 110 valence electrons. The summed E-state index contributed by atoms with van der Waals surface area (Å²) >= 11 is 0. The van der Waals surface area contributed by atoms with E-state index in [1.807, 2.05) is 57.2 Å². The van der Waals surface area contributed by atoms with Crippen LogP contribution in [0.5, 0.6) is 5.75 Å². The first-order chi connectivity index (χ1) is 9.73. The quantitative estimate of drug-likeness (QED) is 0.861. The molecule has 0 spiro atoms. The summed E-state index contributed by atoms with van der Waals surface area (Å²) in [4.78, 5) is 11.5. The highest BCUT2D eigenvalue weighted by Crippen LogP contribution is 2.40. The Hall–Kier alpha value is -2.29. The van der Waals surface area contributed by atoms with Gasteiger partial charge in [-0.3, -0.25) is 0 Å². The first-order valence-electron chi connectivity index (χ1n) is 6.89. The smallest absolute Gasteiger partial charge is 0.339 e. The molecule has 0 radical (unpaired) electrons. The zero-order valence-electron chi connectivity index (χ0n) is 12.8. The Balaban J connectivity index is 2.84. The Morgan fingerprint density at radius 3 is 2.14 bits per heavy atom. The van der Waals surface area contributed by atoms with Crippen LogP contribution in [0.3, 0.4) is 0 Å². The highest BCUT2D eigenvalue weighted by atomic mass is 16.4. The van der Waals surface area contributed by atoms with Gasteiger partial charge in [-0.05, 0) is 35.1 Å². The summed E-state index contributed by atoms with van der Waals surface area (Å²) in [6.07, 6.45) is 0. The van der Waals surface area contributed by atoms with Crippen LogP contribution in [0.25, 0.3) is 11.1 Å². The predicted molar refractivity (Wildman–Crippen MR) is 83.9 cm³/mol. The SMILES string of the molecule is Cc1c(-c2ccccc2)cc(C(C)(C)C)c(O)c1C(=O)O.